The lowest BCUT2D eigenvalue weighted by atomic mass is 9.94. The van der Waals surface area contributed by atoms with E-state index < -0.39 is 11.9 Å². The maximum atomic E-state index is 12.6. The number of ether oxygens (including phenoxy) is 1. The third-order valence-electron chi connectivity index (χ3n) is 3.92. The van der Waals surface area contributed by atoms with Gasteiger partial charge < -0.3 is 14.7 Å². The molecular weight excluding hydrogens is 282 g/mol. The van der Waals surface area contributed by atoms with Gasteiger partial charge in [0.15, 0.2) is 5.78 Å². The molecule has 0 aromatic heterocycles. The number of carbonyl (C=O) groups excluding carboxylic acids is 1. The predicted octanol–water partition coefficient (Wildman–Crippen LogP) is 2.45. The van der Waals surface area contributed by atoms with Crippen molar-refractivity contribution in [3.8, 4) is 5.75 Å². The number of likely N-dealkylation sites (tertiary alicyclic amines) is 1. The van der Waals surface area contributed by atoms with E-state index in [1.165, 1.54) is 0 Å². The van der Waals surface area contributed by atoms with Gasteiger partial charge in [0.2, 0.25) is 0 Å². The van der Waals surface area contributed by atoms with Gasteiger partial charge in [-0.05, 0) is 57.1 Å². The number of benzene rings is 1. The largest absolute Gasteiger partial charge is 0.494 e. The fraction of sp³-hybridized carbons (Fsp3) is 0.529. The molecule has 1 atom stereocenters. The minimum absolute atomic E-state index is 0.0997. The number of Topliss-reactive ketones (excluding diaryl/α,β-unsaturated/α-hetero) is 1. The summed E-state index contributed by atoms with van der Waals surface area (Å²) in [4.78, 5) is 25.9. The molecule has 5 nitrogen and oxygen atoms in total. The van der Waals surface area contributed by atoms with Crippen molar-refractivity contribution in [1.82, 2.24) is 4.90 Å². The first-order valence-corrected chi connectivity index (χ1v) is 7.81. The Morgan fingerprint density at radius 1 is 1.23 bits per heavy atom. The van der Waals surface area contributed by atoms with Crippen molar-refractivity contribution < 1.29 is 19.4 Å². The number of rotatable bonds is 8. The molecule has 1 fully saturated rings. The lowest BCUT2D eigenvalue weighted by Gasteiger charge is -2.21. The van der Waals surface area contributed by atoms with E-state index in [2.05, 4.69) is 4.90 Å². The van der Waals surface area contributed by atoms with E-state index in [1.54, 1.807) is 24.3 Å². The Balaban J connectivity index is 2.07. The smallest absolute Gasteiger partial charge is 0.304 e. The van der Waals surface area contributed by atoms with Crippen molar-refractivity contribution in [1.29, 1.82) is 0 Å². The van der Waals surface area contributed by atoms with Gasteiger partial charge in [-0.2, -0.15) is 0 Å². The molecule has 5 heteroatoms. The van der Waals surface area contributed by atoms with Crippen molar-refractivity contribution in [3.05, 3.63) is 29.8 Å². The van der Waals surface area contributed by atoms with Crippen molar-refractivity contribution in [3.63, 3.8) is 0 Å². The summed E-state index contributed by atoms with van der Waals surface area (Å²) in [6.07, 6.45) is 2.12. The molecule has 0 saturated carbocycles. The third kappa shape index (κ3) is 4.56. The number of hydrogen-bond donors (Lipinski definition) is 1. The Morgan fingerprint density at radius 2 is 1.86 bits per heavy atom. The lowest BCUT2D eigenvalue weighted by Crippen LogP contribution is -2.32. The van der Waals surface area contributed by atoms with Crippen LogP contribution in [0.3, 0.4) is 0 Å². The number of carboxylic acid groups (broad SMARTS) is 1. The van der Waals surface area contributed by atoms with E-state index in [0.29, 0.717) is 24.5 Å². The van der Waals surface area contributed by atoms with Crippen molar-refractivity contribution in [2.75, 3.05) is 26.2 Å². The van der Waals surface area contributed by atoms with Crippen LogP contribution in [-0.2, 0) is 4.79 Å². The molecule has 0 radical (unpaired) electrons. The molecular formula is C17H23NO4. The molecule has 1 aromatic carbocycles. The van der Waals surface area contributed by atoms with Crippen molar-refractivity contribution in [2.45, 2.75) is 26.2 Å². The summed E-state index contributed by atoms with van der Waals surface area (Å²) in [6, 6.07) is 6.94. The van der Waals surface area contributed by atoms with E-state index in [9.17, 15) is 9.59 Å². The standard InChI is InChI=1S/C17H23NO4/c1-2-22-15-7-5-13(6-8-15)17(21)14(11-16(19)20)12-18-9-3-4-10-18/h5-8,14H,2-4,9-12H2,1H3,(H,19,20). The van der Waals surface area contributed by atoms with E-state index in [-0.39, 0.29) is 12.2 Å². The van der Waals surface area contributed by atoms with Crippen LogP contribution in [0.25, 0.3) is 0 Å². The maximum absolute atomic E-state index is 12.6. The van der Waals surface area contributed by atoms with Crippen molar-refractivity contribution >= 4 is 11.8 Å². The minimum Gasteiger partial charge on any atom is -0.494 e. The van der Waals surface area contributed by atoms with Gasteiger partial charge in [0.05, 0.1) is 13.0 Å². The molecule has 1 N–H and O–H groups in total. The zero-order valence-corrected chi connectivity index (χ0v) is 13.0. The summed E-state index contributed by atoms with van der Waals surface area (Å²) in [7, 11) is 0. The Hall–Kier alpha value is -1.88. The summed E-state index contributed by atoms with van der Waals surface area (Å²) < 4.78 is 5.36. The van der Waals surface area contributed by atoms with Gasteiger partial charge >= 0.3 is 5.97 Å². The monoisotopic (exact) mass is 305 g/mol. The third-order valence-corrected chi connectivity index (χ3v) is 3.92. The van der Waals surface area contributed by atoms with Gasteiger partial charge in [0, 0.05) is 18.0 Å². The van der Waals surface area contributed by atoms with Crippen LogP contribution in [0, 0.1) is 5.92 Å². The normalized spacial score (nSPS) is 16.4. The SMILES string of the molecule is CCOc1ccc(C(=O)C(CC(=O)O)CN2CCCC2)cc1. The molecule has 0 spiro atoms. The van der Waals surface area contributed by atoms with Crippen LogP contribution < -0.4 is 4.74 Å². The number of carbonyl (C=O) groups is 2. The van der Waals surface area contributed by atoms with Gasteiger partial charge in [-0.15, -0.1) is 0 Å². The van der Waals surface area contributed by atoms with E-state index in [0.717, 1.165) is 25.9 Å². The number of carboxylic acids is 1. The second-order valence-electron chi connectivity index (χ2n) is 5.62. The zero-order chi connectivity index (χ0) is 15.9. The highest BCUT2D eigenvalue weighted by Crippen LogP contribution is 2.20. The summed E-state index contributed by atoms with van der Waals surface area (Å²) in [5.41, 5.74) is 0.550. The first-order valence-electron chi connectivity index (χ1n) is 7.81. The maximum Gasteiger partial charge on any atom is 0.304 e. The lowest BCUT2D eigenvalue weighted by molar-refractivity contribution is -0.137. The quantitative estimate of drug-likeness (QED) is 0.747. The minimum atomic E-state index is -0.927. The molecule has 0 amide bonds. The average Bonchev–Trinajstić information content (AvgIpc) is 2.99. The van der Waals surface area contributed by atoms with Gasteiger partial charge in [-0.3, -0.25) is 9.59 Å². The van der Waals surface area contributed by atoms with Crippen LogP contribution in [-0.4, -0.2) is 48.0 Å². The van der Waals surface area contributed by atoms with Gasteiger partial charge in [0.25, 0.3) is 0 Å². The molecule has 1 saturated heterocycles. The second-order valence-corrected chi connectivity index (χ2v) is 5.62. The predicted molar refractivity (Wildman–Crippen MR) is 83.4 cm³/mol. The van der Waals surface area contributed by atoms with Crippen LogP contribution in [0.2, 0.25) is 0 Å². The average molecular weight is 305 g/mol. The Bertz CT molecular complexity index is 506. The van der Waals surface area contributed by atoms with E-state index in [4.69, 9.17) is 9.84 Å². The van der Waals surface area contributed by atoms with Crippen LogP contribution >= 0.6 is 0 Å². The summed E-state index contributed by atoms with van der Waals surface area (Å²) in [5.74, 6) is -0.803. The number of nitrogens with zero attached hydrogens (tertiary/aromatic N) is 1. The molecule has 0 bridgehead atoms. The first kappa shape index (κ1) is 16.5. The number of hydrogen-bond acceptors (Lipinski definition) is 4. The fourth-order valence-corrected chi connectivity index (χ4v) is 2.85. The highest BCUT2D eigenvalue weighted by molar-refractivity contribution is 5.99. The molecule has 2 rings (SSSR count). The number of aliphatic carboxylic acids is 1. The fourth-order valence-electron chi connectivity index (χ4n) is 2.85. The molecule has 22 heavy (non-hydrogen) atoms. The molecule has 1 unspecified atom stereocenters. The molecule has 1 aromatic rings. The summed E-state index contributed by atoms with van der Waals surface area (Å²) >= 11 is 0. The zero-order valence-electron chi connectivity index (χ0n) is 13.0. The van der Waals surface area contributed by atoms with Crippen LogP contribution in [0.4, 0.5) is 0 Å². The summed E-state index contributed by atoms with van der Waals surface area (Å²) in [6.45, 7) is 4.90. The van der Waals surface area contributed by atoms with Gasteiger partial charge in [-0.25, -0.2) is 0 Å². The Kier molecular flexibility index (Phi) is 5.95. The highest BCUT2D eigenvalue weighted by Gasteiger charge is 2.26. The summed E-state index contributed by atoms with van der Waals surface area (Å²) in [5, 5.41) is 9.08. The van der Waals surface area contributed by atoms with Crippen LogP contribution in [0.1, 0.15) is 36.5 Å². The topological polar surface area (TPSA) is 66.8 Å². The van der Waals surface area contributed by atoms with Crippen molar-refractivity contribution in [2.24, 2.45) is 5.92 Å². The molecule has 1 heterocycles. The first-order chi connectivity index (χ1) is 10.6. The van der Waals surface area contributed by atoms with E-state index >= 15 is 0 Å². The molecule has 0 aliphatic carbocycles. The highest BCUT2D eigenvalue weighted by atomic mass is 16.5. The molecule has 1 aliphatic heterocycles. The Labute approximate surface area is 130 Å². The molecule has 1 aliphatic rings. The number of ketones is 1. The van der Waals surface area contributed by atoms with Crippen LogP contribution in [0.15, 0.2) is 24.3 Å². The Morgan fingerprint density at radius 3 is 2.41 bits per heavy atom. The van der Waals surface area contributed by atoms with Gasteiger partial charge in [-0.1, -0.05) is 0 Å². The van der Waals surface area contributed by atoms with E-state index in [1.807, 2.05) is 6.92 Å². The van der Waals surface area contributed by atoms with Gasteiger partial charge in [0.1, 0.15) is 5.75 Å². The second kappa shape index (κ2) is 7.94. The van der Waals surface area contributed by atoms with Crippen LogP contribution in [0.5, 0.6) is 5.75 Å². The molecule has 120 valence electrons.